The van der Waals surface area contributed by atoms with Crippen molar-refractivity contribution in [3.05, 3.63) is 0 Å². The molecule has 2 N–H and O–H groups in total. The molecule has 0 aromatic carbocycles. The van der Waals surface area contributed by atoms with Crippen LogP contribution < -0.4 is 0 Å². The summed E-state index contributed by atoms with van der Waals surface area (Å²) in [5.41, 5.74) is -0.877. The van der Waals surface area contributed by atoms with Crippen molar-refractivity contribution in [1.29, 1.82) is 0 Å². The zero-order chi connectivity index (χ0) is 9.52. The van der Waals surface area contributed by atoms with Crippen molar-refractivity contribution in [3.8, 4) is 0 Å². The zero-order valence-electron chi connectivity index (χ0n) is 7.61. The quantitative estimate of drug-likeness (QED) is 0.572. The molecule has 1 amide bonds. The minimum absolute atomic E-state index is 0.0903. The molecular weight excluding hydrogens is 158 g/mol. The van der Waals surface area contributed by atoms with Crippen LogP contribution in [-0.2, 0) is 0 Å². The highest BCUT2D eigenvalue weighted by molar-refractivity contribution is 5.66. The molecule has 0 bridgehead atoms. The summed E-state index contributed by atoms with van der Waals surface area (Å²) in [6.07, 6.45) is -0.437. The van der Waals surface area contributed by atoms with Crippen molar-refractivity contribution >= 4 is 6.09 Å². The smallest absolute Gasteiger partial charge is 0.407 e. The minimum atomic E-state index is -0.951. The van der Waals surface area contributed by atoms with Crippen LogP contribution in [0.1, 0.15) is 27.2 Å². The monoisotopic (exact) mass is 173 g/mol. The highest BCUT2D eigenvalue weighted by atomic mass is 16.4. The lowest BCUT2D eigenvalue weighted by atomic mass is 9.97. The minimum Gasteiger partial charge on any atom is -0.465 e. The third-order valence-corrected chi connectivity index (χ3v) is 2.72. The molecule has 3 atom stereocenters. The molecule has 4 heteroatoms. The van der Waals surface area contributed by atoms with Crippen LogP contribution in [0.4, 0.5) is 4.79 Å². The Bertz CT molecular complexity index is 202. The second-order valence-electron chi connectivity index (χ2n) is 3.78. The van der Waals surface area contributed by atoms with E-state index in [1.807, 2.05) is 6.92 Å². The predicted molar refractivity (Wildman–Crippen MR) is 44.0 cm³/mol. The lowest BCUT2D eigenvalue weighted by Crippen LogP contribution is -2.43. The van der Waals surface area contributed by atoms with Gasteiger partial charge in [-0.3, -0.25) is 4.90 Å². The maximum Gasteiger partial charge on any atom is 0.407 e. The largest absolute Gasteiger partial charge is 0.465 e. The van der Waals surface area contributed by atoms with E-state index in [9.17, 15) is 9.90 Å². The lowest BCUT2D eigenvalue weighted by molar-refractivity contribution is 0.0289. The number of rotatable bonds is 0. The molecule has 0 unspecified atom stereocenters. The van der Waals surface area contributed by atoms with Gasteiger partial charge in [0.2, 0.25) is 0 Å². The first-order valence-corrected chi connectivity index (χ1v) is 4.10. The molecule has 0 aromatic heterocycles. The highest BCUT2D eigenvalue weighted by Gasteiger charge is 2.46. The van der Waals surface area contributed by atoms with Gasteiger partial charge in [0.1, 0.15) is 0 Å². The number of carboxylic acid groups (broad SMARTS) is 1. The summed E-state index contributed by atoms with van der Waals surface area (Å²) in [5.74, 6) is 0. The van der Waals surface area contributed by atoms with Gasteiger partial charge in [-0.15, -0.1) is 0 Å². The number of nitrogens with zero attached hydrogens (tertiary/aromatic N) is 1. The van der Waals surface area contributed by atoms with Crippen molar-refractivity contribution in [3.63, 3.8) is 0 Å². The summed E-state index contributed by atoms with van der Waals surface area (Å²) in [6.45, 7) is 5.22. The fraction of sp³-hybridized carbons (Fsp3) is 0.875. The van der Waals surface area contributed by atoms with Gasteiger partial charge in [0, 0.05) is 6.04 Å². The number of amides is 1. The number of likely N-dealkylation sites (tertiary alicyclic amines) is 1. The van der Waals surface area contributed by atoms with Gasteiger partial charge in [-0.05, 0) is 27.2 Å². The van der Waals surface area contributed by atoms with E-state index >= 15 is 0 Å². The fourth-order valence-electron chi connectivity index (χ4n) is 1.90. The second-order valence-corrected chi connectivity index (χ2v) is 3.78. The lowest BCUT2D eigenvalue weighted by Gasteiger charge is -2.26. The van der Waals surface area contributed by atoms with Crippen LogP contribution in [0.5, 0.6) is 0 Å². The SMILES string of the molecule is C[C@@H]1C[C@](C)(O)[C@H](C)N1C(=O)O. The Labute approximate surface area is 71.8 Å². The second kappa shape index (κ2) is 2.62. The van der Waals surface area contributed by atoms with Gasteiger partial charge in [-0.2, -0.15) is 0 Å². The van der Waals surface area contributed by atoms with E-state index in [0.717, 1.165) is 0 Å². The topological polar surface area (TPSA) is 60.8 Å². The van der Waals surface area contributed by atoms with Gasteiger partial charge < -0.3 is 10.2 Å². The molecule has 0 aliphatic carbocycles. The molecule has 0 radical (unpaired) electrons. The Hall–Kier alpha value is -0.770. The fourth-order valence-corrected chi connectivity index (χ4v) is 1.90. The first kappa shape index (κ1) is 9.32. The summed E-state index contributed by atoms with van der Waals surface area (Å²) in [7, 11) is 0. The Kier molecular flexibility index (Phi) is 2.04. The van der Waals surface area contributed by atoms with E-state index in [1.54, 1.807) is 13.8 Å². The summed E-state index contributed by atoms with van der Waals surface area (Å²) < 4.78 is 0. The third kappa shape index (κ3) is 1.27. The Balaban J connectivity index is 2.85. The van der Waals surface area contributed by atoms with Crippen LogP contribution in [0.2, 0.25) is 0 Å². The maximum absolute atomic E-state index is 10.7. The first-order valence-electron chi connectivity index (χ1n) is 4.10. The molecule has 70 valence electrons. The van der Waals surface area contributed by atoms with Crippen LogP contribution in [-0.4, -0.2) is 38.9 Å². The van der Waals surface area contributed by atoms with Crippen LogP contribution in [0.25, 0.3) is 0 Å². The maximum atomic E-state index is 10.7. The van der Waals surface area contributed by atoms with Crippen molar-refractivity contribution in [2.24, 2.45) is 0 Å². The molecule has 0 spiro atoms. The normalized spacial score (nSPS) is 41.8. The standard InChI is InChI=1S/C8H15NO3/c1-5-4-8(3,12)6(2)9(5)7(10)11/h5-6,12H,4H2,1-3H3,(H,10,11)/t5-,6+,8+/m1/s1. The third-order valence-electron chi connectivity index (χ3n) is 2.72. The van der Waals surface area contributed by atoms with Gasteiger partial charge in [0.05, 0.1) is 11.6 Å². The van der Waals surface area contributed by atoms with Gasteiger partial charge in [-0.25, -0.2) is 4.79 Å². The van der Waals surface area contributed by atoms with Gasteiger partial charge in [-0.1, -0.05) is 0 Å². The highest BCUT2D eigenvalue weighted by Crippen LogP contribution is 2.32. The van der Waals surface area contributed by atoms with E-state index in [2.05, 4.69) is 0 Å². The molecule has 0 saturated carbocycles. The number of hydrogen-bond acceptors (Lipinski definition) is 2. The first-order chi connectivity index (χ1) is 5.36. The van der Waals surface area contributed by atoms with Crippen LogP contribution >= 0.6 is 0 Å². The number of carbonyl (C=O) groups is 1. The molecule has 12 heavy (non-hydrogen) atoms. The molecule has 1 heterocycles. The summed E-state index contributed by atoms with van der Waals surface area (Å²) >= 11 is 0. The van der Waals surface area contributed by atoms with Crippen molar-refractivity contribution in [1.82, 2.24) is 4.90 Å². The van der Waals surface area contributed by atoms with E-state index in [-0.39, 0.29) is 12.1 Å². The summed E-state index contributed by atoms with van der Waals surface area (Å²) in [4.78, 5) is 12.0. The van der Waals surface area contributed by atoms with Crippen LogP contribution in [0.3, 0.4) is 0 Å². The van der Waals surface area contributed by atoms with E-state index < -0.39 is 11.7 Å². The van der Waals surface area contributed by atoms with Gasteiger partial charge >= 0.3 is 6.09 Å². The summed E-state index contributed by atoms with van der Waals surface area (Å²) in [6, 6.07) is -0.405. The van der Waals surface area contributed by atoms with E-state index in [4.69, 9.17) is 5.11 Å². The van der Waals surface area contributed by atoms with E-state index in [1.165, 1.54) is 4.90 Å². The average Bonchev–Trinajstić information content (AvgIpc) is 2.02. The Morgan fingerprint density at radius 2 is 2.08 bits per heavy atom. The van der Waals surface area contributed by atoms with Crippen molar-refractivity contribution < 1.29 is 15.0 Å². The van der Waals surface area contributed by atoms with Gasteiger partial charge in [0.15, 0.2) is 0 Å². The number of aliphatic hydroxyl groups is 1. The van der Waals surface area contributed by atoms with Crippen LogP contribution in [0, 0.1) is 0 Å². The Morgan fingerprint density at radius 3 is 2.25 bits per heavy atom. The molecule has 1 aliphatic rings. The van der Waals surface area contributed by atoms with E-state index in [0.29, 0.717) is 6.42 Å². The molecule has 4 nitrogen and oxygen atoms in total. The Morgan fingerprint density at radius 1 is 1.58 bits per heavy atom. The van der Waals surface area contributed by atoms with Crippen molar-refractivity contribution in [2.45, 2.75) is 44.9 Å². The molecular formula is C8H15NO3. The zero-order valence-corrected chi connectivity index (χ0v) is 7.61. The summed E-state index contributed by atoms with van der Waals surface area (Å²) in [5, 5.41) is 18.5. The molecule has 1 fully saturated rings. The predicted octanol–water partition coefficient (Wildman–Crippen LogP) is 0.898. The molecule has 1 aliphatic heterocycles. The molecule has 1 rings (SSSR count). The van der Waals surface area contributed by atoms with Gasteiger partial charge in [0.25, 0.3) is 0 Å². The molecule has 1 saturated heterocycles. The molecule has 0 aromatic rings. The average molecular weight is 173 g/mol. The van der Waals surface area contributed by atoms with Crippen molar-refractivity contribution in [2.75, 3.05) is 0 Å². The number of hydrogen-bond donors (Lipinski definition) is 2. The van der Waals surface area contributed by atoms with Crippen LogP contribution in [0.15, 0.2) is 0 Å².